The molecule has 9 heteroatoms. The summed E-state index contributed by atoms with van der Waals surface area (Å²) in [6.07, 6.45) is 0.541. The van der Waals surface area contributed by atoms with Crippen LogP contribution in [0.25, 0.3) is 0 Å². The van der Waals surface area contributed by atoms with Crippen molar-refractivity contribution in [3.63, 3.8) is 0 Å². The molecule has 2 amide bonds. The van der Waals surface area contributed by atoms with Gasteiger partial charge < -0.3 is 15.0 Å². The number of halogens is 1. The van der Waals surface area contributed by atoms with Crippen LogP contribution in [-0.2, 0) is 27.3 Å². The maximum atomic E-state index is 13.0. The van der Waals surface area contributed by atoms with Gasteiger partial charge in [-0.2, -0.15) is 0 Å². The molecule has 1 N–H and O–H groups in total. The lowest BCUT2D eigenvalue weighted by Gasteiger charge is -2.25. The number of ether oxygens (including phenoxy) is 1. The van der Waals surface area contributed by atoms with Gasteiger partial charge in [-0.1, -0.05) is 0 Å². The molecule has 0 unspecified atom stereocenters. The number of thiophene rings is 1. The molecular weight excluding hydrogens is 415 g/mol. The van der Waals surface area contributed by atoms with Crippen LogP contribution in [0.2, 0.25) is 0 Å². The largest absolute Gasteiger partial charge is 0.462 e. The number of amides is 2. The third-order valence-electron chi connectivity index (χ3n) is 4.42. The Morgan fingerprint density at radius 2 is 2.00 bits per heavy atom. The monoisotopic (exact) mass is 436 g/mol. The van der Waals surface area contributed by atoms with Gasteiger partial charge in [0.2, 0.25) is 11.8 Å². The average Bonchev–Trinajstić information content (AvgIpc) is 3.04. The van der Waals surface area contributed by atoms with Crippen molar-refractivity contribution >= 4 is 45.9 Å². The van der Waals surface area contributed by atoms with E-state index < -0.39 is 5.97 Å². The number of carbonyl (C=O) groups excluding carboxylic acids is 3. The Kier molecular flexibility index (Phi) is 6.92. The molecule has 1 aromatic carbocycles. The Labute approximate surface area is 176 Å². The van der Waals surface area contributed by atoms with Gasteiger partial charge in [-0.15, -0.1) is 23.1 Å². The second kappa shape index (κ2) is 9.41. The predicted octanol–water partition coefficient (Wildman–Crippen LogP) is 3.70. The molecule has 2 heterocycles. The number of rotatable bonds is 6. The normalized spacial score (nSPS) is 13.0. The van der Waals surface area contributed by atoms with Gasteiger partial charge in [-0.3, -0.25) is 9.59 Å². The first kappa shape index (κ1) is 21.3. The Morgan fingerprint density at radius 1 is 1.28 bits per heavy atom. The number of benzene rings is 1. The van der Waals surface area contributed by atoms with E-state index >= 15 is 0 Å². The van der Waals surface area contributed by atoms with Crippen LogP contribution >= 0.6 is 23.1 Å². The van der Waals surface area contributed by atoms with Crippen molar-refractivity contribution < 1.29 is 23.5 Å². The number of nitrogens with one attached hydrogen (secondary N) is 1. The van der Waals surface area contributed by atoms with Gasteiger partial charge >= 0.3 is 5.97 Å². The zero-order chi connectivity index (χ0) is 21.0. The van der Waals surface area contributed by atoms with Crippen LogP contribution < -0.4 is 5.32 Å². The van der Waals surface area contributed by atoms with Crippen LogP contribution in [0.15, 0.2) is 29.2 Å². The second-order valence-corrected chi connectivity index (χ2v) is 8.56. The van der Waals surface area contributed by atoms with Crippen molar-refractivity contribution in [1.82, 2.24) is 4.90 Å². The van der Waals surface area contributed by atoms with Crippen LogP contribution in [0, 0.1) is 5.82 Å². The lowest BCUT2D eigenvalue weighted by atomic mass is 10.0. The quantitative estimate of drug-likeness (QED) is 0.552. The van der Waals surface area contributed by atoms with Gasteiger partial charge in [0, 0.05) is 23.2 Å². The number of hydrogen-bond donors (Lipinski definition) is 1. The van der Waals surface area contributed by atoms with E-state index in [1.165, 1.54) is 42.2 Å². The summed E-state index contributed by atoms with van der Waals surface area (Å²) in [7, 11) is 0. The maximum Gasteiger partial charge on any atom is 0.341 e. The maximum absolute atomic E-state index is 13.0. The van der Waals surface area contributed by atoms with Crippen molar-refractivity contribution in [3.05, 3.63) is 46.1 Å². The standard InChI is InChI=1S/C20H21FN2O4S2/c1-3-27-20(26)18-15-8-9-23(12(2)24)10-16(15)29-19(18)22-17(25)11-28-14-6-4-13(21)5-7-14/h4-7H,3,8-11H2,1-2H3,(H,22,25). The summed E-state index contributed by atoms with van der Waals surface area (Å²) < 4.78 is 18.2. The fraction of sp³-hybridized carbons (Fsp3) is 0.350. The molecule has 1 aromatic heterocycles. The van der Waals surface area contributed by atoms with E-state index in [1.54, 1.807) is 24.0 Å². The molecule has 0 aliphatic carbocycles. The fourth-order valence-electron chi connectivity index (χ4n) is 3.02. The lowest BCUT2D eigenvalue weighted by molar-refractivity contribution is -0.129. The van der Waals surface area contributed by atoms with Crippen LogP contribution in [0.5, 0.6) is 0 Å². The third-order valence-corrected chi connectivity index (χ3v) is 6.56. The van der Waals surface area contributed by atoms with Gasteiger partial charge in [-0.25, -0.2) is 9.18 Å². The van der Waals surface area contributed by atoms with Crippen molar-refractivity contribution in [3.8, 4) is 0 Å². The van der Waals surface area contributed by atoms with Gasteiger partial charge in [0.15, 0.2) is 0 Å². The van der Waals surface area contributed by atoms with Gasteiger partial charge in [0.25, 0.3) is 0 Å². The molecule has 154 valence electrons. The SMILES string of the molecule is CCOC(=O)c1c(NC(=O)CSc2ccc(F)cc2)sc2c1CCN(C(C)=O)C2. The van der Waals surface area contributed by atoms with E-state index in [2.05, 4.69) is 5.32 Å². The minimum atomic E-state index is -0.470. The van der Waals surface area contributed by atoms with E-state index in [0.717, 1.165) is 15.3 Å². The highest BCUT2D eigenvalue weighted by Crippen LogP contribution is 2.38. The predicted molar refractivity (Wildman–Crippen MR) is 111 cm³/mol. The zero-order valence-corrected chi connectivity index (χ0v) is 17.8. The van der Waals surface area contributed by atoms with Crippen molar-refractivity contribution in [2.24, 2.45) is 0 Å². The number of fused-ring (bicyclic) bond motifs is 1. The Morgan fingerprint density at radius 3 is 2.66 bits per heavy atom. The molecule has 1 aliphatic heterocycles. The highest BCUT2D eigenvalue weighted by atomic mass is 32.2. The Balaban J connectivity index is 1.76. The molecule has 2 aromatic rings. The topological polar surface area (TPSA) is 75.7 Å². The smallest absolute Gasteiger partial charge is 0.341 e. The summed E-state index contributed by atoms with van der Waals surface area (Å²) in [6.45, 7) is 4.42. The summed E-state index contributed by atoms with van der Waals surface area (Å²) in [5.74, 6) is -0.977. The molecule has 0 spiro atoms. The number of nitrogens with zero attached hydrogens (tertiary/aromatic N) is 1. The van der Waals surface area contributed by atoms with E-state index in [4.69, 9.17) is 4.74 Å². The highest BCUT2D eigenvalue weighted by Gasteiger charge is 2.30. The van der Waals surface area contributed by atoms with Crippen molar-refractivity contribution in [2.45, 2.75) is 31.7 Å². The molecule has 3 rings (SSSR count). The van der Waals surface area contributed by atoms with Gasteiger partial charge in [0.05, 0.1) is 24.5 Å². The summed E-state index contributed by atoms with van der Waals surface area (Å²) in [6, 6.07) is 5.90. The molecule has 0 atom stereocenters. The first-order chi connectivity index (χ1) is 13.9. The number of hydrogen-bond acceptors (Lipinski definition) is 6. The number of thioether (sulfide) groups is 1. The second-order valence-electron chi connectivity index (χ2n) is 6.41. The molecule has 1 aliphatic rings. The highest BCUT2D eigenvalue weighted by molar-refractivity contribution is 8.00. The molecule has 0 bridgehead atoms. The summed E-state index contributed by atoms with van der Waals surface area (Å²) in [5.41, 5.74) is 1.22. The van der Waals surface area contributed by atoms with Crippen LogP contribution in [0.3, 0.4) is 0 Å². The van der Waals surface area contributed by atoms with Crippen LogP contribution in [0.4, 0.5) is 9.39 Å². The van der Waals surface area contributed by atoms with E-state index in [0.29, 0.717) is 30.1 Å². The number of anilines is 1. The van der Waals surface area contributed by atoms with Crippen molar-refractivity contribution in [2.75, 3.05) is 24.2 Å². The van der Waals surface area contributed by atoms with E-state index in [1.807, 2.05) is 0 Å². The fourth-order valence-corrected chi connectivity index (χ4v) is 4.99. The molecule has 6 nitrogen and oxygen atoms in total. The summed E-state index contributed by atoms with van der Waals surface area (Å²) >= 11 is 2.58. The minimum absolute atomic E-state index is 0.0250. The van der Waals surface area contributed by atoms with Crippen molar-refractivity contribution in [1.29, 1.82) is 0 Å². The van der Waals surface area contributed by atoms with Gasteiger partial charge in [-0.05, 0) is 43.2 Å². The number of esters is 1. The molecular formula is C20H21FN2O4S2. The molecule has 0 saturated heterocycles. The summed E-state index contributed by atoms with van der Waals surface area (Å²) in [5, 5.41) is 3.26. The van der Waals surface area contributed by atoms with E-state index in [9.17, 15) is 18.8 Å². The third kappa shape index (κ3) is 5.16. The zero-order valence-electron chi connectivity index (χ0n) is 16.1. The molecule has 29 heavy (non-hydrogen) atoms. The number of carbonyl (C=O) groups is 3. The van der Waals surface area contributed by atoms with Crippen LogP contribution in [0.1, 0.15) is 34.6 Å². The van der Waals surface area contributed by atoms with E-state index in [-0.39, 0.29) is 30.0 Å². The molecule has 0 fully saturated rings. The molecule has 0 saturated carbocycles. The van der Waals surface area contributed by atoms with Gasteiger partial charge in [0.1, 0.15) is 10.8 Å². The average molecular weight is 437 g/mol. The minimum Gasteiger partial charge on any atom is -0.462 e. The van der Waals surface area contributed by atoms with Crippen LogP contribution in [-0.4, -0.2) is 41.6 Å². The Hall–Kier alpha value is -2.39. The molecule has 0 radical (unpaired) electrons. The Bertz CT molecular complexity index is 927. The summed E-state index contributed by atoms with van der Waals surface area (Å²) in [4.78, 5) is 40.0. The first-order valence-corrected chi connectivity index (χ1v) is 10.9. The lowest BCUT2D eigenvalue weighted by Crippen LogP contribution is -2.34. The first-order valence-electron chi connectivity index (χ1n) is 9.14.